The number of nitrogen functional groups attached to an aromatic ring is 1. The molecule has 3 rings (SSSR count). The maximum Gasteiger partial charge on any atom is 0.221 e. The molecule has 0 saturated heterocycles. The van der Waals surface area contributed by atoms with Crippen molar-refractivity contribution >= 4 is 16.8 Å². The summed E-state index contributed by atoms with van der Waals surface area (Å²) >= 11 is 0. The molecular weight excluding hydrogens is 259 g/mol. The standard InChI is InChI=1S/C15H13FN2O2/c16-12-4-2-1-3-10(12)8-19-9-15-18-13-7-11(17)5-6-14(13)20-15/h1-7H,8-9,17H2. The number of hydrogen-bond donors (Lipinski definition) is 1. The van der Waals surface area contributed by atoms with Gasteiger partial charge in [0.1, 0.15) is 17.9 Å². The van der Waals surface area contributed by atoms with Gasteiger partial charge in [0.25, 0.3) is 0 Å². The first kappa shape index (κ1) is 12.6. The number of hydrogen-bond acceptors (Lipinski definition) is 4. The van der Waals surface area contributed by atoms with Crippen LogP contribution in [0.2, 0.25) is 0 Å². The van der Waals surface area contributed by atoms with Crippen LogP contribution in [0.1, 0.15) is 11.5 Å². The second-order valence-electron chi connectivity index (χ2n) is 4.42. The summed E-state index contributed by atoms with van der Waals surface area (Å²) in [6.45, 7) is 0.358. The normalized spacial score (nSPS) is 11.1. The molecule has 102 valence electrons. The lowest BCUT2D eigenvalue weighted by molar-refractivity contribution is 0.0886. The van der Waals surface area contributed by atoms with Gasteiger partial charge < -0.3 is 14.9 Å². The van der Waals surface area contributed by atoms with Gasteiger partial charge >= 0.3 is 0 Å². The lowest BCUT2D eigenvalue weighted by Crippen LogP contribution is -1.96. The van der Waals surface area contributed by atoms with Gasteiger partial charge in [-0.1, -0.05) is 18.2 Å². The summed E-state index contributed by atoms with van der Waals surface area (Å²) < 4.78 is 24.3. The van der Waals surface area contributed by atoms with E-state index in [1.807, 2.05) is 0 Å². The monoisotopic (exact) mass is 272 g/mol. The Balaban J connectivity index is 1.67. The van der Waals surface area contributed by atoms with Crippen molar-refractivity contribution in [1.29, 1.82) is 0 Å². The number of rotatable bonds is 4. The minimum absolute atomic E-state index is 0.174. The average Bonchev–Trinajstić information content (AvgIpc) is 2.83. The fourth-order valence-corrected chi connectivity index (χ4v) is 1.92. The van der Waals surface area contributed by atoms with Gasteiger partial charge in [0, 0.05) is 11.3 Å². The van der Waals surface area contributed by atoms with E-state index in [2.05, 4.69) is 4.98 Å². The van der Waals surface area contributed by atoms with E-state index in [0.29, 0.717) is 28.2 Å². The summed E-state index contributed by atoms with van der Waals surface area (Å²) in [6, 6.07) is 11.7. The Morgan fingerprint density at radius 2 is 2.00 bits per heavy atom. The predicted octanol–water partition coefficient (Wildman–Crippen LogP) is 3.27. The third-order valence-corrected chi connectivity index (χ3v) is 2.90. The third-order valence-electron chi connectivity index (χ3n) is 2.90. The van der Waals surface area contributed by atoms with Gasteiger partial charge in [-0.25, -0.2) is 9.37 Å². The molecule has 0 aliphatic heterocycles. The molecule has 5 heteroatoms. The third kappa shape index (κ3) is 2.62. The van der Waals surface area contributed by atoms with Crippen molar-refractivity contribution in [2.45, 2.75) is 13.2 Å². The van der Waals surface area contributed by atoms with E-state index in [0.717, 1.165) is 0 Å². The van der Waals surface area contributed by atoms with Crippen molar-refractivity contribution in [2.24, 2.45) is 0 Å². The first-order chi connectivity index (χ1) is 9.72. The Labute approximate surface area is 115 Å². The van der Waals surface area contributed by atoms with Crippen LogP contribution in [-0.2, 0) is 18.0 Å². The number of fused-ring (bicyclic) bond motifs is 1. The van der Waals surface area contributed by atoms with E-state index in [-0.39, 0.29) is 19.0 Å². The van der Waals surface area contributed by atoms with Gasteiger partial charge in [-0.2, -0.15) is 0 Å². The summed E-state index contributed by atoms with van der Waals surface area (Å²) in [7, 11) is 0. The largest absolute Gasteiger partial charge is 0.438 e. The minimum atomic E-state index is -0.280. The molecule has 0 bridgehead atoms. The number of aromatic nitrogens is 1. The Morgan fingerprint density at radius 1 is 1.15 bits per heavy atom. The molecule has 1 heterocycles. The van der Waals surface area contributed by atoms with Crippen LogP contribution in [0.3, 0.4) is 0 Å². The number of oxazole rings is 1. The zero-order chi connectivity index (χ0) is 13.9. The van der Waals surface area contributed by atoms with E-state index in [1.54, 1.807) is 36.4 Å². The second-order valence-corrected chi connectivity index (χ2v) is 4.42. The molecule has 4 nitrogen and oxygen atoms in total. The van der Waals surface area contributed by atoms with E-state index in [1.165, 1.54) is 6.07 Å². The highest BCUT2D eigenvalue weighted by molar-refractivity contribution is 5.76. The topological polar surface area (TPSA) is 61.3 Å². The smallest absolute Gasteiger partial charge is 0.221 e. The first-order valence-electron chi connectivity index (χ1n) is 6.18. The Kier molecular flexibility index (Phi) is 3.35. The van der Waals surface area contributed by atoms with E-state index >= 15 is 0 Å². The fraction of sp³-hybridized carbons (Fsp3) is 0.133. The molecule has 3 aromatic rings. The van der Waals surface area contributed by atoms with Gasteiger partial charge in [0.05, 0.1) is 6.61 Å². The number of anilines is 1. The average molecular weight is 272 g/mol. The van der Waals surface area contributed by atoms with Gasteiger partial charge in [-0.15, -0.1) is 0 Å². The molecule has 0 spiro atoms. The molecule has 0 amide bonds. The molecule has 0 radical (unpaired) electrons. The molecule has 1 aromatic heterocycles. The molecule has 0 aliphatic rings. The maximum atomic E-state index is 13.4. The quantitative estimate of drug-likeness (QED) is 0.740. The number of halogens is 1. The van der Waals surface area contributed by atoms with Gasteiger partial charge in [0.15, 0.2) is 5.58 Å². The summed E-state index contributed by atoms with van der Waals surface area (Å²) in [6.07, 6.45) is 0. The summed E-state index contributed by atoms with van der Waals surface area (Å²) in [4.78, 5) is 4.26. The lowest BCUT2D eigenvalue weighted by Gasteiger charge is -2.02. The van der Waals surface area contributed by atoms with Gasteiger partial charge in [-0.05, 0) is 24.3 Å². The number of nitrogens with two attached hydrogens (primary N) is 1. The van der Waals surface area contributed by atoms with Gasteiger partial charge in [0.2, 0.25) is 5.89 Å². The summed E-state index contributed by atoms with van der Waals surface area (Å²) in [5.41, 5.74) is 8.15. The summed E-state index contributed by atoms with van der Waals surface area (Å²) in [5, 5.41) is 0. The van der Waals surface area contributed by atoms with Crippen molar-refractivity contribution in [1.82, 2.24) is 4.98 Å². The Bertz CT molecular complexity index is 740. The SMILES string of the molecule is Nc1ccc2oc(COCc3ccccc3F)nc2c1. The van der Waals surface area contributed by atoms with Crippen LogP contribution < -0.4 is 5.73 Å². The van der Waals surface area contributed by atoms with E-state index < -0.39 is 0 Å². The Hall–Kier alpha value is -2.40. The zero-order valence-corrected chi connectivity index (χ0v) is 10.7. The molecule has 0 aliphatic carbocycles. The highest BCUT2D eigenvalue weighted by atomic mass is 19.1. The van der Waals surface area contributed by atoms with Crippen LogP contribution in [0.15, 0.2) is 46.9 Å². The van der Waals surface area contributed by atoms with Crippen molar-refractivity contribution in [3.8, 4) is 0 Å². The highest BCUT2D eigenvalue weighted by Crippen LogP contribution is 2.19. The van der Waals surface area contributed by atoms with Crippen LogP contribution in [-0.4, -0.2) is 4.98 Å². The van der Waals surface area contributed by atoms with Crippen LogP contribution in [0.5, 0.6) is 0 Å². The number of ether oxygens (including phenoxy) is 1. The molecule has 0 fully saturated rings. The lowest BCUT2D eigenvalue weighted by atomic mass is 10.2. The second kappa shape index (κ2) is 5.30. The van der Waals surface area contributed by atoms with Crippen molar-refractivity contribution in [3.63, 3.8) is 0 Å². The minimum Gasteiger partial charge on any atom is -0.438 e. The van der Waals surface area contributed by atoms with E-state index in [4.69, 9.17) is 14.9 Å². The molecule has 20 heavy (non-hydrogen) atoms. The molecular formula is C15H13FN2O2. The van der Waals surface area contributed by atoms with Crippen molar-refractivity contribution < 1.29 is 13.5 Å². The molecule has 0 atom stereocenters. The zero-order valence-electron chi connectivity index (χ0n) is 10.7. The van der Waals surface area contributed by atoms with Crippen LogP contribution in [0.4, 0.5) is 10.1 Å². The van der Waals surface area contributed by atoms with Crippen LogP contribution >= 0.6 is 0 Å². The molecule has 2 aromatic carbocycles. The fourth-order valence-electron chi connectivity index (χ4n) is 1.92. The first-order valence-corrected chi connectivity index (χ1v) is 6.18. The summed E-state index contributed by atoms with van der Waals surface area (Å²) in [5.74, 6) is 0.166. The number of benzene rings is 2. The number of nitrogens with zero attached hydrogens (tertiary/aromatic N) is 1. The van der Waals surface area contributed by atoms with Crippen molar-refractivity contribution in [2.75, 3.05) is 5.73 Å². The predicted molar refractivity (Wildman–Crippen MR) is 73.3 cm³/mol. The molecule has 2 N–H and O–H groups in total. The Morgan fingerprint density at radius 3 is 2.85 bits per heavy atom. The van der Waals surface area contributed by atoms with E-state index in [9.17, 15) is 4.39 Å². The highest BCUT2D eigenvalue weighted by Gasteiger charge is 2.07. The van der Waals surface area contributed by atoms with Crippen LogP contribution in [0, 0.1) is 5.82 Å². The van der Waals surface area contributed by atoms with Gasteiger partial charge in [-0.3, -0.25) is 0 Å². The van der Waals surface area contributed by atoms with Crippen LogP contribution in [0.25, 0.3) is 11.1 Å². The van der Waals surface area contributed by atoms with Crippen molar-refractivity contribution in [3.05, 3.63) is 59.7 Å². The molecule has 0 unspecified atom stereocenters. The molecule has 0 saturated carbocycles. The maximum absolute atomic E-state index is 13.4.